The predicted molar refractivity (Wildman–Crippen MR) is 119 cm³/mol. The maximum absolute atomic E-state index is 13.0. The number of hydrogen-bond acceptors (Lipinski definition) is 5. The van der Waals surface area contributed by atoms with Crippen LogP contribution in [0.4, 0.5) is 11.4 Å². The summed E-state index contributed by atoms with van der Waals surface area (Å²) in [5.41, 5.74) is 1.28. The van der Waals surface area contributed by atoms with E-state index in [1.165, 1.54) is 4.90 Å². The van der Waals surface area contributed by atoms with E-state index in [1.807, 2.05) is 30.3 Å². The molecule has 2 heterocycles. The van der Waals surface area contributed by atoms with Crippen LogP contribution in [0.5, 0.6) is 5.75 Å². The molecule has 3 amide bonds. The summed E-state index contributed by atoms with van der Waals surface area (Å²) in [5.74, 6) is -0.625. The summed E-state index contributed by atoms with van der Waals surface area (Å²) in [6.07, 6.45) is 3.19. The second-order valence-corrected chi connectivity index (χ2v) is 9.55. The van der Waals surface area contributed by atoms with Crippen LogP contribution < -0.4 is 14.5 Å². The third-order valence-corrected chi connectivity index (χ3v) is 7.77. The molecule has 2 aliphatic carbocycles. The molecule has 0 N–H and O–H groups in total. The van der Waals surface area contributed by atoms with Crippen molar-refractivity contribution < 1.29 is 23.9 Å². The maximum Gasteiger partial charge on any atom is 0.316 e. The van der Waals surface area contributed by atoms with Gasteiger partial charge in [0.15, 0.2) is 0 Å². The van der Waals surface area contributed by atoms with Crippen molar-refractivity contribution in [2.45, 2.75) is 25.7 Å². The molecule has 5 atom stereocenters. The average molecular weight is 444 g/mol. The van der Waals surface area contributed by atoms with E-state index < -0.39 is 11.9 Å². The first-order valence-corrected chi connectivity index (χ1v) is 11.6. The Morgan fingerprint density at radius 2 is 1.45 bits per heavy atom. The Hall–Kier alpha value is -3.48. The van der Waals surface area contributed by atoms with Gasteiger partial charge >= 0.3 is 5.97 Å². The highest BCUT2D eigenvalue weighted by Crippen LogP contribution is 2.56. The minimum Gasteiger partial charge on any atom is -0.426 e. The van der Waals surface area contributed by atoms with E-state index in [0.717, 1.165) is 24.9 Å². The molecule has 2 aromatic carbocycles. The van der Waals surface area contributed by atoms with E-state index >= 15 is 0 Å². The summed E-state index contributed by atoms with van der Waals surface area (Å²) in [4.78, 5) is 53.9. The average Bonchev–Trinajstić information content (AvgIpc) is 3.59. The van der Waals surface area contributed by atoms with Gasteiger partial charge in [0, 0.05) is 18.7 Å². The van der Waals surface area contributed by atoms with E-state index in [0.29, 0.717) is 23.3 Å². The molecule has 33 heavy (non-hydrogen) atoms. The molecule has 2 aromatic rings. The molecule has 168 valence electrons. The van der Waals surface area contributed by atoms with Crippen molar-refractivity contribution in [3.05, 3.63) is 54.6 Å². The highest BCUT2D eigenvalue weighted by atomic mass is 16.5. The SMILES string of the molecule is O=C(Oc1ccc(N2C(=O)[C@H]3[C@H]4CC[C@@H](C4)[C@@H]3C2=O)cc1)[C@@H]1CC(=O)N(c2ccccc2)C1. The third-order valence-electron chi connectivity index (χ3n) is 7.77. The molecule has 0 spiro atoms. The van der Waals surface area contributed by atoms with E-state index in [-0.39, 0.29) is 42.5 Å². The molecule has 6 rings (SSSR count). The van der Waals surface area contributed by atoms with E-state index in [4.69, 9.17) is 4.74 Å². The zero-order chi connectivity index (χ0) is 22.7. The number of carbonyl (C=O) groups is 4. The Labute approximate surface area is 191 Å². The quantitative estimate of drug-likeness (QED) is 0.411. The Balaban J connectivity index is 1.13. The van der Waals surface area contributed by atoms with Gasteiger partial charge in [-0.15, -0.1) is 0 Å². The first kappa shape index (κ1) is 20.1. The smallest absolute Gasteiger partial charge is 0.316 e. The van der Waals surface area contributed by atoms with Crippen LogP contribution in [0.25, 0.3) is 0 Å². The van der Waals surface area contributed by atoms with Crippen LogP contribution in [0.1, 0.15) is 25.7 Å². The second-order valence-electron chi connectivity index (χ2n) is 9.55. The van der Waals surface area contributed by atoms with E-state index in [2.05, 4.69) is 0 Å². The Morgan fingerprint density at radius 3 is 2.09 bits per heavy atom. The van der Waals surface area contributed by atoms with Gasteiger partial charge in [-0.2, -0.15) is 0 Å². The zero-order valence-electron chi connectivity index (χ0n) is 18.1. The molecule has 0 unspecified atom stereocenters. The lowest BCUT2D eigenvalue weighted by Crippen LogP contribution is -2.32. The molecule has 2 bridgehead atoms. The van der Waals surface area contributed by atoms with Gasteiger partial charge in [-0.05, 0) is 67.5 Å². The van der Waals surface area contributed by atoms with Crippen molar-refractivity contribution in [3.8, 4) is 5.75 Å². The van der Waals surface area contributed by atoms with Gasteiger partial charge in [0.05, 0.1) is 23.4 Å². The molecule has 0 radical (unpaired) electrons. The zero-order valence-corrected chi connectivity index (χ0v) is 18.1. The molecule has 0 aromatic heterocycles. The van der Waals surface area contributed by atoms with Gasteiger partial charge in [-0.25, -0.2) is 0 Å². The Kier molecular flexibility index (Phi) is 4.60. The monoisotopic (exact) mass is 444 g/mol. The number of fused-ring (bicyclic) bond motifs is 5. The van der Waals surface area contributed by atoms with E-state index in [9.17, 15) is 19.2 Å². The minimum atomic E-state index is -0.547. The van der Waals surface area contributed by atoms with Gasteiger partial charge in [-0.3, -0.25) is 24.1 Å². The van der Waals surface area contributed by atoms with Crippen molar-refractivity contribution in [2.24, 2.45) is 29.6 Å². The number of nitrogens with zero attached hydrogens (tertiary/aromatic N) is 2. The minimum absolute atomic E-state index is 0.0904. The highest BCUT2D eigenvalue weighted by Gasteiger charge is 2.61. The fourth-order valence-electron chi connectivity index (χ4n) is 6.25. The standard InChI is InChI=1S/C26H24N2O5/c29-21-13-17(14-27(21)18-4-2-1-3-5-18)26(32)33-20-10-8-19(9-11-20)28-24(30)22-15-6-7-16(12-15)23(22)25(28)31/h1-5,8-11,15-17,22-23H,6-7,12-14H2/t15-,16-,17+,22-,23-/m0/s1. The molecule has 4 fully saturated rings. The van der Waals surface area contributed by atoms with Crippen LogP contribution in [0, 0.1) is 29.6 Å². The molecule has 7 nitrogen and oxygen atoms in total. The van der Waals surface area contributed by atoms with Gasteiger partial charge < -0.3 is 9.64 Å². The summed E-state index contributed by atoms with van der Waals surface area (Å²) in [6, 6.07) is 15.8. The van der Waals surface area contributed by atoms with Crippen molar-refractivity contribution in [3.63, 3.8) is 0 Å². The molecule has 2 saturated heterocycles. The second kappa shape index (κ2) is 7.54. The summed E-state index contributed by atoms with van der Waals surface area (Å²) in [7, 11) is 0. The lowest BCUT2D eigenvalue weighted by molar-refractivity contribution is -0.139. The predicted octanol–water partition coefficient (Wildman–Crippen LogP) is 3.18. The topological polar surface area (TPSA) is 84.0 Å². The first-order valence-electron chi connectivity index (χ1n) is 11.6. The Bertz CT molecular complexity index is 1120. The van der Waals surface area contributed by atoms with Gasteiger partial charge in [-0.1, -0.05) is 18.2 Å². The summed E-state index contributed by atoms with van der Waals surface area (Å²) >= 11 is 0. The lowest BCUT2D eigenvalue weighted by atomic mass is 9.81. The normalized spacial score (nSPS) is 30.3. The van der Waals surface area contributed by atoms with Crippen molar-refractivity contribution in [2.75, 3.05) is 16.3 Å². The number of rotatable bonds is 4. The summed E-state index contributed by atoms with van der Waals surface area (Å²) in [5, 5.41) is 0. The number of anilines is 2. The number of hydrogen-bond donors (Lipinski definition) is 0. The third kappa shape index (κ3) is 3.17. The summed E-state index contributed by atoms with van der Waals surface area (Å²) in [6.45, 7) is 0.279. The van der Waals surface area contributed by atoms with Crippen molar-refractivity contribution >= 4 is 35.1 Å². The van der Waals surface area contributed by atoms with Crippen molar-refractivity contribution in [1.82, 2.24) is 0 Å². The Morgan fingerprint density at radius 1 is 0.818 bits per heavy atom. The fraction of sp³-hybridized carbons (Fsp3) is 0.385. The van der Waals surface area contributed by atoms with Gasteiger partial charge in [0.25, 0.3) is 0 Å². The molecule has 2 saturated carbocycles. The number of amides is 3. The molecular formula is C26H24N2O5. The van der Waals surface area contributed by atoms with Gasteiger partial charge in [0.2, 0.25) is 17.7 Å². The largest absolute Gasteiger partial charge is 0.426 e. The number of benzene rings is 2. The fourth-order valence-corrected chi connectivity index (χ4v) is 6.25. The maximum atomic E-state index is 13.0. The number of imide groups is 1. The van der Waals surface area contributed by atoms with Crippen LogP contribution in [0.15, 0.2) is 54.6 Å². The number of para-hydroxylation sites is 1. The van der Waals surface area contributed by atoms with Crippen LogP contribution in [-0.4, -0.2) is 30.2 Å². The van der Waals surface area contributed by atoms with Crippen LogP contribution in [-0.2, 0) is 19.2 Å². The van der Waals surface area contributed by atoms with Crippen LogP contribution >= 0.6 is 0 Å². The number of ether oxygens (including phenoxy) is 1. The molecular weight excluding hydrogens is 420 g/mol. The number of carbonyl (C=O) groups excluding carboxylic acids is 4. The first-order chi connectivity index (χ1) is 16.0. The molecule has 2 aliphatic heterocycles. The number of esters is 1. The molecule has 4 aliphatic rings. The summed E-state index contributed by atoms with van der Waals surface area (Å²) < 4.78 is 5.51. The van der Waals surface area contributed by atoms with Crippen molar-refractivity contribution in [1.29, 1.82) is 0 Å². The van der Waals surface area contributed by atoms with E-state index in [1.54, 1.807) is 29.2 Å². The lowest BCUT2D eigenvalue weighted by Gasteiger charge is -2.19. The highest BCUT2D eigenvalue weighted by molar-refractivity contribution is 6.22. The van der Waals surface area contributed by atoms with Crippen LogP contribution in [0.3, 0.4) is 0 Å². The van der Waals surface area contributed by atoms with Crippen LogP contribution in [0.2, 0.25) is 0 Å². The molecule has 7 heteroatoms. The van der Waals surface area contributed by atoms with Gasteiger partial charge in [0.1, 0.15) is 5.75 Å².